The van der Waals surface area contributed by atoms with Gasteiger partial charge in [0.25, 0.3) is 0 Å². The molecule has 0 aromatic heterocycles. The van der Waals surface area contributed by atoms with Gasteiger partial charge in [-0.3, -0.25) is 0 Å². The number of fused-ring (bicyclic) bond motifs is 1. The highest BCUT2D eigenvalue weighted by atomic mass is 35.5. The van der Waals surface area contributed by atoms with Crippen LogP contribution in [0.3, 0.4) is 0 Å². The summed E-state index contributed by atoms with van der Waals surface area (Å²) in [5.74, 6) is 1.35. The fourth-order valence-electron chi connectivity index (χ4n) is 5.70. The number of ether oxygens (including phenoxy) is 2. The maximum absolute atomic E-state index is 13.3. The number of nitrogens with zero attached hydrogens (tertiary/aromatic N) is 2. The van der Waals surface area contributed by atoms with Crippen molar-refractivity contribution in [1.82, 2.24) is 10.2 Å². The van der Waals surface area contributed by atoms with Crippen LogP contribution >= 0.6 is 12.4 Å². The summed E-state index contributed by atoms with van der Waals surface area (Å²) < 4.78 is 50.7. The lowest BCUT2D eigenvalue weighted by Crippen LogP contribution is -2.52. The molecule has 1 heterocycles. The van der Waals surface area contributed by atoms with Crippen molar-refractivity contribution in [3.05, 3.63) is 53.1 Å². The van der Waals surface area contributed by atoms with E-state index in [4.69, 9.17) is 14.7 Å². The van der Waals surface area contributed by atoms with E-state index in [-0.39, 0.29) is 35.6 Å². The molecule has 2 N–H and O–H groups in total. The van der Waals surface area contributed by atoms with Gasteiger partial charge >= 0.3 is 12.2 Å². The fraction of sp³-hybridized carbons (Fsp3) is 0.462. The number of carbonyl (C=O) groups is 1. The molecule has 2 aromatic rings. The van der Waals surface area contributed by atoms with Crippen LogP contribution < -0.4 is 20.1 Å². The van der Waals surface area contributed by atoms with Crippen LogP contribution in [0, 0.1) is 11.3 Å². The SMILES string of the molecule is COc1ccc([C@@]23CC[C@@H](NC(=O)Nc4ccc(C#N)c(C(F)(F)F)c4)C[C@@H]2N(C)CC3)cc1OC.Cl. The number of hydrogen-bond acceptors (Lipinski definition) is 5. The Morgan fingerprint density at radius 2 is 1.86 bits per heavy atom. The smallest absolute Gasteiger partial charge is 0.417 e. The third kappa shape index (κ3) is 5.58. The van der Waals surface area contributed by atoms with E-state index in [9.17, 15) is 18.0 Å². The van der Waals surface area contributed by atoms with E-state index in [2.05, 4.69) is 28.6 Å². The molecule has 2 aromatic carbocycles. The van der Waals surface area contributed by atoms with Gasteiger partial charge in [-0.25, -0.2) is 4.79 Å². The van der Waals surface area contributed by atoms with Crippen molar-refractivity contribution in [3.8, 4) is 17.6 Å². The lowest BCUT2D eigenvalue weighted by atomic mass is 9.65. The lowest BCUT2D eigenvalue weighted by Gasteiger charge is -2.45. The number of nitrogens with one attached hydrogen (secondary N) is 2. The van der Waals surface area contributed by atoms with Gasteiger partial charge in [-0.05, 0) is 75.2 Å². The summed E-state index contributed by atoms with van der Waals surface area (Å²) in [6.07, 6.45) is -1.43. The van der Waals surface area contributed by atoms with E-state index in [1.54, 1.807) is 14.2 Å². The molecule has 0 bridgehead atoms. The number of rotatable bonds is 5. The summed E-state index contributed by atoms with van der Waals surface area (Å²) in [4.78, 5) is 15.0. The van der Waals surface area contributed by atoms with Gasteiger partial charge < -0.3 is 25.0 Å². The molecule has 1 aliphatic carbocycles. The number of methoxy groups -OCH3 is 2. The third-order valence-electron chi connectivity index (χ3n) is 7.52. The number of likely N-dealkylation sites (N-methyl/N-ethyl adjacent to an activating group) is 1. The molecule has 37 heavy (non-hydrogen) atoms. The van der Waals surface area contributed by atoms with Gasteiger partial charge in [-0.1, -0.05) is 6.07 Å². The predicted molar refractivity (Wildman–Crippen MR) is 135 cm³/mol. The minimum Gasteiger partial charge on any atom is -0.493 e. The second-order valence-corrected chi connectivity index (χ2v) is 9.41. The van der Waals surface area contributed by atoms with Gasteiger partial charge in [0.15, 0.2) is 11.5 Å². The molecule has 11 heteroatoms. The standard InChI is InChI=1S/C26H29F3N4O3.ClH/c1-33-11-10-25(17-5-7-21(35-2)22(12-17)36-3)9-8-19(14-23(25)33)32-24(34)31-18-6-4-16(15-30)20(13-18)26(27,28)29;/h4-7,12-13,19,23H,8-11,14H2,1-3H3,(H2,31,32,34);1H/t19-,23+,25+;/m1./s1. The molecule has 0 unspecified atom stereocenters. The van der Waals surface area contributed by atoms with E-state index in [1.807, 2.05) is 12.1 Å². The Labute approximate surface area is 220 Å². The number of carbonyl (C=O) groups excluding carboxylic acids is 1. The number of anilines is 1. The minimum atomic E-state index is -4.69. The summed E-state index contributed by atoms with van der Waals surface area (Å²) in [6, 6.07) is 10.2. The number of nitriles is 1. The Kier molecular flexibility index (Phi) is 8.50. The number of hydrogen-bond donors (Lipinski definition) is 2. The normalized spacial score (nSPS) is 23.3. The third-order valence-corrected chi connectivity index (χ3v) is 7.52. The monoisotopic (exact) mass is 538 g/mol. The second-order valence-electron chi connectivity index (χ2n) is 9.41. The van der Waals surface area contributed by atoms with Crippen LogP contribution in [0.5, 0.6) is 11.5 Å². The van der Waals surface area contributed by atoms with Gasteiger partial charge in [0.2, 0.25) is 0 Å². The summed E-state index contributed by atoms with van der Waals surface area (Å²) in [6.45, 7) is 0.920. The molecule has 4 rings (SSSR count). The van der Waals surface area contributed by atoms with E-state index < -0.39 is 23.3 Å². The molecule has 1 aliphatic heterocycles. The maximum atomic E-state index is 13.3. The Morgan fingerprint density at radius 1 is 1.14 bits per heavy atom. The Balaban J connectivity index is 0.00000380. The van der Waals surface area contributed by atoms with E-state index >= 15 is 0 Å². The second kappa shape index (κ2) is 11.1. The first-order valence-corrected chi connectivity index (χ1v) is 11.7. The first-order valence-electron chi connectivity index (χ1n) is 11.7. The molecule has 7 nitrogen and oxygen atoms in total. The summed E-state index contributed by atoms with van der Waals surface area (Å²) in [7, 11) is 5.29. The molecule has 3 atom stereocenters. The van der Waals surface area contributed by atoms with Crippen LogP contribution in [0.25, 0.3) is 0 Å². The maximum Gasteiger partial charge on any atom is 0.417 e. The van der Waals surface area contributed by atoms with Gasteiger partial charge in [-0.2, -0.15) is 18.4 Å². The van der Waals surface area contributed by atoms with Crippen LogP contribution in [0.15, 0.2) is 36.4 Å². The summed E-state index contributed by atoms with van der Waals surface area (Å²) >= 11 is 0. The largest absolute Gasteiger partial charge is 0.493 e. The fourth-order valence-corrected chi connectivity index (χ4v) is 5.70. The van der Waals surface area contributed by atoms with Gasteiger partial charge in [0.1, 0.15) is 0 Å². The van der Waals surface area contributed by atoms with Gasteiger partial charge in [0.05, 0.1) is 31.4 Å². The van der Waals surface area contributed by atoms with Crippen LogP contribution in [0.2, 0.25) is 0 Å². The number of amides is 2. The molecular weight excluding hydrogens is 509 g/mol. The zero-order valence-electron chi connectivity index (χ0n) is 20.8. The minimum absolute atomic E-state index is 0. The van der Waals surface area contributed by atoms with E-state index in [1.165, 1.54) is 17.7 Å². The molecule has 200 valence electrons. The Hall–Kier alpha value is -3.16. The van der Waals surface area contributed by atoms with Crippen molar-refractivity contribution in [1.29, 1.82) is 5.26 Å². The van der Waals surface area contributed by atoms with Crippen LogP contribution in [0.4, 0.5) is 23.7 Å². The topological polar surface area (TPSA) is 86.6 Å². The van der Waals surface area contributed by atoms with E-state index in [0.29, 0.717) is 17.9 Å². The number of benzene rings is 2. The van der Waals surface area contributed by atoms with E-state index in [0.717, 1.165) is 37.9 Å². The molecular formula is C26H30ClF3N4O3. The molecule has 1 saturated carbocycles. The van der Waals surface area contributed by atoms with Crippen molar-refractivity contribution < 1.29 is 27.4 Å². The highest BCUT2D eigenvalue weighted by Gasteiger charge is 2.50. The summed E-state index contributed by atoms with van der Waals surface area (Å²) in [5, 5.41) is 14.4. The number of urea groups is 1. The van der Waals surface area contributed by atoms with Crippen LogP contribution in [-0.4, -0.2) is 50.8 Å². The highest BCUT2D eigenvalue weighted by molar-refractivity contribution is 5.89. The Morgan fingerprint density at radius 3 is 2.51 bits per heavy atom. The molecule has 2 amide bonds. The first kappa shape index (κ1) is 28.4. The zero-order valence-corrected chi connectivity index (χ0v) is 21.6. The molecule has 1 saturated heterocycles. The molecule has 2 aliphatic rings. The van der Waals surface area contributed by atoms with Crippen molar-refractivity contribution in [2.75, 3.05) is 33.1 Å². The Bertz CT molecular complexity index is 1190. The zero-order chi connectivity index (χ0) is 26.1. The quantitative estimate of drug-likeness (QED) is 0.537. The number of halogens is 4. The average Bonchev–Trinajstić information content (AvgIpc) is 3.19. The molecule has 2 fully saturated rings. The number of alkyl halides is 3. The van der Waals surface area contributed by atoms with Gasteiger partial charge in [0, 0.05) is 23.2 Å². The highest BCUT2D eigenvalue weighted by Crippen LogP contribution is 2.49. The van der Waals surface area contributed by atoms with Gasteiger partial charge in [-0.15, -0.1) is 12.4 Å². The molecule has 0 radical (unpaired) electrons. The summed E-state index contributed by atoms with van der Waals surface area (Å²) in [5.41, 5.74) is -0.497. The number of likely N-dealkylation sites (tertiary alicyclic amines) is 1. The van der Waals surface area contributed by atoms with Crippen molar-refractivity contribution >= 4 is 24.1 Å². The van der Waals surface area contributed by atoms with Crippen LogP contribution in [-0.2, 0) is 11.6 Å². The van der Waals surface area contributed by atoms with Crippen LogP contribution in [0.1, 0.15) is 42.4 Å². The first-order chi connectivity index (χ1) is 17.1. The van der Waals surface area contributed by atoms with Crippen molar-refractivity contribution in [2.45, 2.75) is 49.4 Å². The lowest BCUT2D eigenvalue weighted by molar-refractivity contribution is -0.137. The van der Waals surface area contributed by atoms with Crippen molar-refractivity contribution in [3.63, 3.8) is 0 Å². The predicted octanol–water partition coefficient (Wildman–Crippen LogP) is 5.33. The molecule has 0 spiro atoms. The average molecular weight is 539 g/mol. The van der Waals surface area contributed by atoms with Crippen molar-refractivity contribution in [2.24, 2.45) is 0 Å².